The normalized spacial score (nSPS) is 16.6. The van der Waals surface area contributed by atoms with Crippen molar-refractivity contribution in [2.24, 2.45) is 0 Å². The molecule has 0 bridgehead atoms. The molecule has 0 atom stereocenters. The number of piperazine rings is 1. The van der Waals surface area contributed by atoms with Gasteiger partial charge in [0.05, 0.1) is 5.56 Å². The highest BCUT2D eigenvalue weighted by atomic mass is 19.4. The van der Waals surface area contributed by atoms with Crippen molar-refractivity contribution in [2.45, 2.75) is 39.0 Å². The van der Waals surface area contributed by atoms with Gasteiger partial charge in [-0.2, -0.15) is 13.2 Å². The number of alkyl halides is 3. The van der Waals surface area contributed by atoms with Crippen molar-refractivity contribution in [1.29, 1.82) is 0 Å². The molecule has 2 heterocycles. The first-order valence-corrected chi connectivity index (χ1v) is 12.7. The third kappa shape index (κ3) is 6.86. The van der Waals surface area contributed by atoms with E-state index in [1.807, 2.05) is 12.1 Å². The van der Waals surface area contributed by atoms with Crippen LogP contribution >= 0.6 is 0 Å². The highest BCUT2D eigenvalue weighted by molar-refractivity contribution is 6.04. The SMILES string of the molecule is CC(C)(C)OC(=O)N1CCN(c2ccc(NC(=O)c3ccc(C4=CCNCC4)cc3)cc2C(F)(F)F)CC1. The summed E-state index contributed by atoms with van der Waals surface area (Å²) in [5, 5.41) is 5.84. The first-order chi connectivity index (χ1) is 17.9. The summed E-state index contributed by atoms with van der Waals surface area (Å²) >= 11 is 0. The number of rotatable bonds is 4. The Bertz CT molecular complexity index is 1200. The van der Waals surface area contributed by atoms with Crippen LogP contribution in [0.5, 0.6) is 0 Å². The molecule has 2 N–H and O–H groups in total. The Morgan fingerprint density at radius 1 is 0.974 bits per heavy atom. The second-order valence-corrected chi connectivity index (χ2v) is 10.4. The minimum absolute atomic E-state index is 0.0129. The van der Waals surface area contributed by atoms with E-state index in [4.69, 9.17) is 4.74 Å². The van der Waals surface area contributed by atoms with Crippen molar-refractivity contribution in [3.8, 4) is 0 Å². The number of nitrogens with one attached hydrogen (secondary N) is 2. The Morgan fingerprint density at radius 3 is 2.24 bits per heavy atom. The molecular weight excluding hydrogens is 497 g/mol. The molecule has 10 heteroatoms. The zero-order valence-corrected chi connectivity index (χ0v) is 21.8. The van der Waals surface area contributed by atoms with Crippen LogP contribution in [0.3, 0.4) is 0 Å². The van der Waals surface area contributed by atoms with Crippen LogP contribution < -0.4 is 15.5 Å². The number of hydrogen-bond donors (Lipinski definition) is 2. The second-order valence-electron chi connectivity index (χ2n) is 10.4. The molecule has 2 aromatic rings. The van der Waals surface area contributed by atoms with Gasteiger partial charge in [0.1, 0.15) is 5.60 Å². The largest absolute Gasteiger partial charge is 0.444 e. The maximum Gasteiger partial charge on any atom is 0.418 e. The highest BCUT2D eigenvalue weighted by Gasteiger charge is 2.36. The first-order valence-electron chi connectivity index (χ1n) is 12.7. The maximum absolute atomic E-state index is 14.0. The number of carbonyl (C=O) groups is 2. The van der Waals surface area contributed by atoms with Gasteiger partial charge in [-0.1, -0.05) is 18.2 Å². The van der Waals surface area contributed by atoms with Crippen LogP contribution in [0.15, 0.2) is 48.5 Å². The zero-order valence-electron chi connectivity index (χ0n) is 21.8. The average Bonchev–Trinajstić information content (AvgIpc) is 2.88. The van der Waals surface area contributed by atoms with Gasteiger partial charge < -0.3 is 25.2 Å². The molecular formula is C28H33F3N4O3. The number of benzene rings is 2. The number of ether oxygens (including phenoxy) is 1. The summed E-state index contributed by atoms with van der Waals surface area (Å²) in [6, 6.07) is 10.9. The molecule has 2 aliphatic heterocycles. The summed E-state index contributed by atoms with van der Waals surface area (Å²) < 4.78 is 47.4. The molecule has 2 amide bonds. The van der Waals surface area contributed by atoms with Crippen LogP contribution in [0.2, 0.25) is 0 Å². The number of hydrogen-bond acceptors (Lipinski definition) is 5. The Kier molecular flexibility index (Phi) is 8.01. The Morgan fingerprint density at radius 2 is 1.66 bits per heavy atom. The van der Waals surface area contributed by atoms with Crippen LogP contribution in [-0.2, 0) is 10.9 Å². The van der Waals surface area contributed by atoms with Gasteiger partial charge in [-0.3, -0.25) is 4.79 Å². The fraction of sp³-hybridized carbons (Fsp3) is 0.429. The minimum atomic E-state index is -4.62. The molecule has 0 spiro atoms. The molecule has 38 heavy (non-hydrogen) atoms. The molecule has 0 aromatic heterocycles. The molecule has 4 rings (SSSR count). The lowest BCUT2D eigenvalue weighted by atomic mass is 9.99. The van der Waals surface area contributed by atoms with E-state index in [-0.39, 0.29) is 37.6 Å². The lowest BCUT2D eigenvalue weighted by Crippen LogP contribution is -2.50. The van der Waals surface area contributed by atoms with E-state index in [1.165, 1.54) is 22.6 Å². The molecule has 0 saturated carbocycles. The lowest BCUT2D eigenvalue weighted by molar-refractivity contribution is -0.137. The van der Waals surface area contributed by atoms with Gasteiger partial charge in [-0.05, 0) is 75.2 Å². The van der Waals surface area contributed by atoms with Gasteiger partial charge in [-0.15, -0.1) is 0 Å². The average molecular weight is 531 g/mol. The third-order valence-corrected chi connectivity index (χ3v) is 6.41. The topological polar surface area (TPSA) is 73.9 Å². The van der Waals surface area contributed by atoms with Gasteiger partial charge in [0.25, 0.3) is 5.91 Å². The molecule has 0 aliphatic carbocycles. The van der Waals surface area contributed by atoms with Gasteiger partial charge in [0, 0.05) is 49.7 Å². The lowest BCUT2D eigenvalue weighted by Gasteiger charge is -2.37. The molecule has 7 nitrogen and oxygen atoms in total. The van der Waals surface area contributed by atoms with E-state index in [0.717, 1.165) is 31.1 Å². The van der Waals surface area contributed by atoms with Crippen LogP contribution in [0.4, 0.5) is 29.3 Å². The molecule has 1 saturated heterocycles. The number of carbonyl (C=O) groups excluding carboxylic acids is 2. The second kappa shape index (κ2) is 11.1. The van der Waals surface area contributed by atoms with E-state index in [2.05, 4.69) is 16.7 Å². The number of anilines is 2. The van der Waals surface area contributed by atoms with Crippen molar-refractivity contribution in [2.75, 3.05) is 49.5 Å². The number of amides is 2. The summed E-state index contributed by atoms with van der Waals surface area (Å²) in [7, 11) is 0. The Labute approximate surface area is 220 Å². The van der Waals surface area contributed by atoms with Crippen LogP contribution in [0.1, 0.15) is 48.7 Å². The van der Waals surface area contributed by atoms with Crippen molar-refractivity contribution in [1.82, 2.24) is 10.2 Å². The van der Waals surface area contributed by atoms with Crippen LogP contribution in [0, 0.1) is 0 Å². The van der Waals surface area contributed by atoms with Crippen molar-refractivity contribution < 1.29 is 27.5 Å². The fourth-order valence-corrected chi connectivity index (χ4v) is 4.50. The standard InChI is InChI=1S/C28H33F3N4O3/c1-27(2,3)38-26(37)35-16-14-34(15-17-35)24-9-8-22(18-23(24)28(29,30)31)33-25(36)21-6-4-19(5-7-21)20-10-12-32-13-11-20/h4-10,18,32H,11-17H2,1-3H3,(H,33,36). The quantitative estimate of drug-likeness (QED) is 0.555. The van der Waals surface area contributed by atoms with Crippen LogP contribution in [0.25, 0.3) is 5.57 Å². The molecule has 0 radical (unpaired) electrons. The summed E-state index contributed by atoms with van der Waals surface area (Å²) in [4.78, 5) is 28.2. The van der Waals surface area contributed by atoms with E-state index in [9.17, 15) is 22.8 Å². The van der Waals surface area contributed by atoms with Gasteiger partial charge in [0.15, 0.2) is 0 Å². The zero-order chi connectivity index (χ0) is 27.5. The molecule has 2 aliphatic rings. The van der Waals surface area contributed by atoms with Crippen LogP contribution in [-0.4, -0.2) is 61.8 Å². The number of halogens is 3. The summed E-state index contributed by atoms with van der Waals surface area (Å²) in [5.74, 6) is -0.484. The van der Waals surface area contributed by atoms with Crippen molar-refractivity contribution >= 4 is 28.9 Å². The first kappa shape index (κ1) is 27.5. The maximum atomic E-state index is 14.0. The molecule has 0 unspecified atom stereocenters. The number of nitrogens with zero attached hydrogens (tertiary/aromatic N) is 2. The predicted octanol–water partition coefficient (Wildman–Crippen LogP) is 5.39. The van der Waals surface area contributed by atoms with Gasteiger partial charge in [0.2, 0.25) is 0 Å². The van der Waals surface area contributed by atoms with Gasteiger partial charge >= 0.3 is 12.3 Å². The third-order valence-electron chi connectivity index (χ3n) is 6.41. The van der Waals surface area contributed by atoms with E-state index in [0.29, 0.717) is 5.56 Å². The monoisotopic (exact) mass is 530 g/mol. The van der Waals surface area contributed by atoms with E-state index >= 15 is 0 Å². The predicted molar refractivity (Wildman–Crippen MR) is 141 cm³/mol. The summed E-state index contributed by atoms with van der Waals surface area (Å²) in [6.07, 6.45) is -2.10. The van der Waals surface area contributed by atoms with E-state index < -0.39 is 29.3 Å². The molecule has 204 valence electrons. The van der Waals surface area contributed by atoms with Crippen molar-refractivity contribution in [3.63, 3.8) is 0 Å². The Balaban J connectivity index is 1.45. The van der Waals surface area contributed by atoms with Gasteiger partial charge in [-0.25, -0.2) is 4.79 Å². The van der Waals surface area contributed by atoms with Crippen molar-refractivity contribution in [3.05, 3.63) is 65.2 Å². The summed E-state index contributed by atoms with van der Waals surface area (Å²) in [6.45, 7) is 7.93. The molecule has 1 fully saturated rings. The fourth-order valence-electron chi connectivity index (χ4n) is 4.50. The summed E-state index contributed by atoms with van der Waals surface area (Å²) in [5.41, 5.74) is 1.17. The highest BCUT2D eigenvalue weighted by Crippen LogP contribution is 2.39. The van der Waals surface area contributed by atoms with E-state index in [1.54, 1.807) is 37.8 Å². The Hall–Kier alpha value is -3.53. The molecule has 2 aromatic carbocycles. The smallest absolute Gasteiger partial charge is 0.418 e. The minimum Gasteiger partial charge on any atom is -0.444 e.